The van der Waals surface area contributed by atoms with Crippen LogP contribution in [-0.4, -0.2) is 28.8 Å². The predicted molar refractivity (Wildman–Crippen MR) is 45.4 cm³/mol. The van der Waals surface area contributed by atoms with E-state index >= 15 is 0 Å². The highest BCUT2D eigenvalue weighted by Crippen LogP contribution is 1.86. The minimum Gasteiger partial charge on any atom is -0.481 e. The van der Waals surface area contributed by atoms with E-state index in [-0.39, 0.29) is 6.42 Å². The zero-order valence-corrected chi connectivity index (χ0v) is 8.20. The van der Waals surface area contributed by atoms with E-state index in [4.69, 9.17) is 9.90 Å². The van der Waals surface area contributed by atoms with E-state index in [0.29, 0.717) is 0 Å². The van der Waals surface area contributed by atoms with E-state index < -0.39 is 23.7 Å². The summed E-state index contributed by atoms with van der Waals surface area (Å²) in [4.78, 5) is 39.8. The fraction of sp³-hybridized carbons (Fsp3) is 0.500. The van der Waals surface area contributed by atoms with Crippen molar-refractivity contribution in [3.63, 3.8) is 0 Å². The molecular weight excluding hydrogens is 192 g/mol. The van der Waals surface area contributed by atoms with Crippen LogP contribution in [0.2, 0.25) is 0 Å². The largest absolute Gasteiger partial charge is 0.481 e. The number of ether oxygens (including phenoxy) is 1. The standard InChI is InChI=1S/C6H8O4.C2H4O2/c1-3-5(8)10-6(9)4(2)7;1-2(3)4/h3H2,1-2H3;1H3,(H,3,4). The number of carboxylic acids is 1. The summed E-state index contributed by atoms with van der Waals surface area (Å²) in [5.41, 5.74) is 0. The minimum absolute atomic E-state index is 0.0962. The molecule has 1 N–H and O–H groups in total. The lowest BCUT2D eigenvalue weighted by Crippen LogP contribution is -2.17. The third kappa shape index (κ3) is 12.9. The molecule has 0 saturated carbocycles. The second-order valence-electron chi connectivity index (χ2n) is 2.19. The summed E-state index contributed by atoms with van der Waals surface area (Å²) < 4.78 is 4.03. The van der Waals surface area contributed by atoms with Gasteiger partial charge in [0.15, 0.2) is 0 Å². The molecule has 0 saturated heterocycles. The minimum atomic E-state index is -1.09. The van der Waals surface area contributed by atoms with E-state index in [1.165, 1.54) is 6.92 Å². The summed E-state index contributed by atoms with van der Waals surface area (Å²) >= 11 is 0. The van der Waals surface area contributed by atoms with Crippen molar-refractivity contribution < 1.29 is 29.0 Å². The van der Waals surface area contributed by atoms with Crippen LogP contribution in [0.3, 0.4) is 0 Å². The molecule has 0 aliphatic carbocycles. The highest BCUT2D eigenvalue weighted by molar-refractivity contribution is 6.34. The van der Waals surface area contributed by atoms with Gasteiger partial charge < -0.3 is 9.84 Å². The van der Waals surface area contributed by atoms with Crippen LogP contribution in [0, 0.1) is 0 Å². The van der Waals surface area contributed by atoms with Crippen molar-refractivity contribution in [3.05, 3.63) is 0 Å². The quantitative estimate of drug-likeness (QED) is 0.390. The fourth-order valence-corrected chi connectivity index (χ4v) is 0.247. The third-order valence-electron chi connectivity index (χ3n) is 0.783. The van der Waals surface area contributed by atoms with E-state index in [9.17, 15) is 14.4 Å². The summed E-state index contributed by atoms with van der Waals surface area (Å²) in [7, 11) is 0. The van der Waals surface area contributed by atoms with Crippen LogP contribution < -0.4 is 0 Å². The van der Waals surface area contributed by atoms with Crippen LogP contribution in [0.15, 0.2) is 0 Å². The first-order valence-electron chi connectivity index (χ1n) is 3.76. The molecule has 0 bridgehead atoms. The Morgan fingerprint density at radius 3 is 1.71 bits per heavy atom. The number of hydrogen-bond donors (Lipinski definition) is 1. The number of Topliss-reactive ketones (excluding diaryl/α,β-unsaturated/α-hetero) is 1. The molecule has 80 valence electrons. The molecule has 0 radical (unpaired) electrons. The summed E-state index contributed by atoms with van der Waals surface area (Å²) in [6.07, 6.45) is 0.0962. The highest BCUT2D eigenvalue weighted by Gasteiger charge is 2.12. The van der Waals surface area contributed by atoms with Gasteiger partial charge in [0.05, 0.1) is 0 Å². The predicted octanol–water partition coefficient (Wildman–Crippen LogP) is 0.146. The van der Waals surface area contributed by atoms with Gasteiger partial charge in [-0.3, -0.25) is 14.4 Å². The zero-order chi connectivity index (χ0) is 11.7. The molecule has 0 fully saturated rings. The maximum absolute atomic E-state index is 10.3. The second kappa shape index (κ2) is 7.90. The molecule has 0 aromatic rings. The number of rotatable bonds is 2. The van der Waals surface area contributed by atoms with Gasteiger partial charge in [-0.25, -0.2) is 4.79 Å². The first-order chi connectivity index (χ1) is 6.31. The van der Waals surface area contributed by atoms with Crippen molar-refractivity contribution in [2.45, 2.75) is 27.2 Å². The lowest BCUT2D eigenvalue weighted by Gasteiger charge is -1.94. The molecule has 0 aliphatic heterocycles. The van der Waals surface area contributed by atoms with Crippen LogP contribution in [0.4, 0.5) is 0 Å². The first-order valence-corrected chi connectivity index (χ1v) is 3.76. The molecule has 14 heavy (non-hydrogen) atoms. The summed E-state index contributed by atoms with van der Waals surface area (Å²) in [6.45, 7) is 3.67. The average molecular weight is 204 g/mol. The smallest absolute Gasteiger partial charge is 0.381 e. The molecule has 0 unspecified atom stereocenters. The van der Waals surface area contributed by atoms with Crippen LogP contribution >= 0.6 is 0 Å². The molecule has 0 heterocycles. The van der Waals surface area contributed by atoms with Crippen LogP contribution in [0.25, 0.3) is 0 Å². The lowest BCUT2D eigenvalue weighted by atomic mass is 10.4. The summed E-state index contributed by atoms with van der Waals surface area (Å²) in [5.74, 6) is -3.37. The monoisotopic (exact) mass is 204 g/mol. The maximum atomic E-state index is 10.3. The first kappa shape index (κ1) is 14.8. The number of carbonyl (C=O) groups is 4. The zero-order valence-electron chi connectivity index (χ0n) is 8.20. The molecule has 0 aromatic heterocycles. The molecule has 0 spiro atoms. The molecule has 0 aliphatic rings. The molecule has 6 nitrogen and oxygen atoms in total. The molecule has 0 amide bonds. The molecule has 0 atom stereocenters. The van der Waals surface area contributed by atoms with Crippen LogP contribution in [0.5, 0.6) is 0 Å². The average Bonchev–Trinajstić information content (AvgIpc) is 2.02. The van der Waals surface area contributed by atoms with E-state index in [1.54, 1.807) is 0 Å². The topological polar surface area (TPSA) is 97.7 Å². The number of ketones is 1. The molecule has 6 heteroatoms. The van der Waals surface area contributed by atoms with Crippen molar-refractivity contribution in [2.24, 2.45) is 0 Å². The van der Waals surface area contributed by atoms with Crippen molar-refractivity contribution in [2.75, 3.05) is 0 Å². The van der Waals surface area contributed by atoms with E-state index in [0.717, 1.165) is 13.8 Å². The number of carbonyl (C=O) groups excluding carboxylic acids is 3. The SMILES string of the molecule is CC(=O)O.CCC(=O)OC(=O)C(C)=O. The van der Waals surface area contributed by atoms with Crippen molar-refractivity contribution >= 4 is 23.7 Å². The Balaban J connectivity index is 0. The van der Waals surface area contributed by atoms with Crippen LogP contribution in [-0.2, 0) is 23.9 Å². The van der Waals surface area contributed by atoms with Crippen LogP contribution in [0.1, 0.15) is 27.2 Å². The Morgan fingerprint density at radius 2 is 1.50 bits per heavy atom. The van der Waals surface area contributed by atoms with E-state index in [1.807, 2.05) is 0 Å². The molecule has 0 rings (SSSR count). The summed E-state index contributed by atoms with van der Waals surface area (Å²) in [5, 5.41) is 7.42. The van der Waals surface area contributed by atoms with E-state index in [2.05, 4.69) is 4.74 Å². The summed E-state index contributed by atoms with van der Waals surface area (Å²) in [6, 6.07) is 0. The van der Waals surface area contributed by atoms with Crippen molar-refractivity contribution in [1.29, 1.82) is 0 Å². The van der Waals surface area contributed by atoms with Gasteiger partial charge in [0, 0.05) is 20.3 Å². The highest BCUT2D eigenvalue weighted by atomic mass is 16.6. The maximum Gasteiger partial charge on any atom is 0.381 e. The lowest BCUT2D eigenvalue weighted by molar-refractivity contribution is -0.163. The Labute approximate surface area is 80.9 Å². The van der Waals surface area contributed by atoms with Gasteiger partial charge in [0.25, 0.3) is 5.97 Å². The van der Waals surface area contributed by atoms with Gasteiger partial charge in [0.2, 0.25) is 5.78 Å². The molecular formula is C8H12O6. The number of aliphatic carboxylic acids is 1. The van der Waals surface area contributed by atoms with Gasteiger partial charge in [0.1, 0.15) is 0 Å². The molecule has 0 aromatic carbocycles. The van der Waals surface area contributed by atoms with Crippen molar-refractivity contribution in [1.82, 2.24) is 0 Å². The second-order valence-corrected chi connectivity index (χ2v) is 2.19. The van der Waals surface area contributed by atoms with Gasteiger partial charge in [-0.1, -0.05) is 6.92 Å². The fourth-order valence-electron chi connectivity index (χ4n) is 0.247. The number of carboxylic acid groups (broad SMARTS) is 1. The van der Waals surface area contributed by atoms with Gasteiger partial charge in [-0.05, 0) is 0 Å². The number of esters is 2. The Hall–Kier alpha value is -1.72. The Kier molecular flexibility index (Phi) is 8.35. The Morgan fingerprint density at radius 1 is 1.14 bits per heavy atom. The van der Waals surface area contributed by atoms with Gasteiger partial charge >= 0.3 is 11.9 Å². The Bertz CT molecular complexity index is 238. The van der Waals surface area contributed by atoms with Gasteiger partial charge in [-0.2, -0.15) is 0 Å². The number of hydrogen-bond acceptors (Lipinski definition) is 5. The van der Waals surface area contributed by atoms with Crippen molar-refractivity contribution in [3.8, 4) is 0 Å². The normalized spacial score (nSPS) is 7.93. The van der Waals surface area contributed by atoms with Gasteiger partial charge in [-0.15, -0.1) is 0 Å². The third-order valence-corrected chi connectivity index (χ3v) is 0.783.